The van der Waals surface area contributed by atoms with Gasteiger partial charge in [0.05, 0.1) is 18.0 Å². The van der Waals surface area contributed by atoms with Gasteiger partial charge in [0.1, 0.15) is 5.75 Å². The van der Waals surface area contributed by atoms with Crippen LogP contribution in [-0.4, -0.2) is 50.5 Å². The van der Waals surface area contributed by atoms with Gasteiger partial charge in [0.15, 0.2) is 11.6 Å². The van der Waals surface area contributed by atoms with Crippen LogP contribution in [0, 0.1) is 0 Å². The molecule has 0 spiro atoms. The summed E-state index contributed by atoms with van der Waals surface area (Å²) in [5, 5.41) is 0. The zero-order valence-corrected chi connectivity index (χ0v) is 23.3. The number of fused-ring (bicyclic) bond motifs is 2. The lowest BCUT2D eigenvalue weighted by atomic mass is 9.83. The van der Waals surface area contributed by atoms with Crippen LogP contribution >= 0.6 is 12.6 Å². The molecule has 0 amide bonds. The number of aliphatic imine (C=N–C) groups is 2. The van der Waals surface area contributed by atoms with E-state index in [9.17, 15) is 9.59 Å². The van der Waals surface area contributed by atoms with Crippen molar-refractivity contribution >= 4 is 53.7 Å². The number of anilines is 1. The predicted octanol–water partition coefficient (Wildman–Crippen LogP) is 6.73. The monoisotopic (exact) mass is 547 g/mol. The van der Waals surface area contributed by atoms with Crippen molar-refractivity contribution in [3.63, 3.8) is 0 Å². The zero-order valence-electron chi connectivity index (χ0n) is 22.4. The number of carbonyl (C=O) groups excluding carboxylic acids is 2. The van der Waals surface area contributed by atoms with Crippen molar-refractivity contribution in [2.45, 2.75) is 6.42 Å². The second-order valence-electron chi connectivity index (χ2n) is 9.62. The number of ether oxygens (including phenoxy) is 1. The molecule has 7 heteroatoms. The van der Waals surface area contributed by atoms with E-state index < -0.39 is 0 Å². The Hall–Kier alpha value is -4.49. The van der Waals surface area contributed by atoms with Crippen LogP contribution in [0.1, 0.15) is 49.4 Å². The molecule has 0 saturated carbocycles. The molecule has 200 valence electrons. The summed E-state index contributed by atoms with van der Waals surface area (Å²) in [5.41, 5.74) is 5.62. The molecule has 0 bridgehead atoms. The zero-order chi connectivity index (χ0) is 28.1. The summed E-state index contributed by atoms with van der Waals surface area (Å²) >= 11 is 4.19. The van der Waals surface area contributed by atoms with Gasteiger partial charge in [-0.3, -0.25) is 19.6 Å². The highest BCUT2D eigenvalue weighted by Crippen LogP contribution is 2.32. The van der Waals surface area contributed by atoms with Crippen LogP contribution < -0.4 is 9.64 Å². The molecule has 0 aromatic heterocycles. The molecular formula is C33H29N3O3S. The number of carbonyl (C=O) groups is 2. The van der Waals surface area contributed by atoms with E-state index in [1.54, 1.807) is 48.8 Å². The predicted molar refractivity (Wildman–Crippen MR) is 165 cm³/mol. The van der Waals surface area contributed by atoms with E-state index in [1.165, 1.54) is 0 Å². The normalized spacial score (nSPS) is 12.6. The maximum atomic E-state index is 13.3. The minimum atomic E-state index is -0.195. The molecule has 4 aromatic carbocycles. The first-order chi connectivity index (χ1) is 19.4. The molecule has 4 aromatic rings. The van der Waals surface area contributed by atoms with Crippen molar-refractivity contribution in [2.24, 2.45) is 9.98 Å². The third-order valence-electron chi connectivity index (χ3n) is 6.57. The first-order valence-electron chi connectivity index (χ1n) is 13.0. The molecule has 0 atom stereocenters. The molecular weight excluding hydrogens is 518 g/mol. The van der Waals surface area contributed by atoms with Gasteiger partial charge < -0.3 is 9.64 Å². The number of rotatable bonds is 9. The Bertz CT molecular complexity index is 1610. The van der Waals surface area contributed by atoms with Gasteiger partial charge in [-0.05, 0) is 96.1 Å². The lowest BCUT2D eigenvalue weighted by molar-refractivity contribution is 0.0979. The van der Waals surface area contributed by atoms with Crippen molar-refractivity contribution in [2.75, 3.05) is 31.4 Å². The highest BCUT2D eigenvalue weighted by Gasteiger charge is 2.30. The fourth-order valence-electron chi connectivity index (χ4n) is 4.35. The Morgan fingerprint density at radius 3 is 1.68 bits per heavy atom. The molecule has 1 aliphatic rings. The van der Waals surface area contributed by atoms with Gasteiger partial charge in [-0.2, -0.15) is 12.6 Å². The fourth-order valence-corrected chi connectivity index (χ4v) is 4.48. The van der Waals surface area contributed by atoms with E-state index in [2.05, 4.69) is 22.6 Å². The third kappa shape index (κ3) is 6.05. The van der Waals surface area contributed by atoms with Crippen LogP contribution in [0.15, 0.2) is 94.9 Å². The van der Waals surface area contributed by atoms with Crippen molar-refractivity contribution in [1.82, 2.24) is 0 Å². The Labute approximate surface area is 239 Å². The molecule has 1 aliphatic carbocycles. The number of benzene rings is 4. The Balaban J connectivity index is 1.32. The van der Waals surface area contributed by atoms with Gasteiger partial charge in [0.2, 0.25) is 0 Å². The van der Waals surface area contributed by atoms with Crippen LogP contribution in [0.3, 0.4) is 0 Å². The SMILES string of the molecule is CN(C)c1ccc(C=Nc2ccc3c(c2)C(=O)c2ccc(N=Cc4ccc(OCCCS)cc4)cc2C3=O)cc1. The van der Waals surface area contributed by atoms with E-state index in [-0.39, 0.29) is 11.6 Å². The first kappa shape index (κ1) is 27.1. The second-order valence-corrected chi connectivity index (χ2v) is 10.1. The van der Waals surface area contributed by atoms with E-state index in [0.717, 1.165) is 34.7 Å². The minimum absolute atomic E-state index is 0.193. The summed E-state index contributed by atoms with van der Waals surface area (Å²) < 4.78 is 5.66. The molecule has 0 aliphatic heterocycles. The molecule has 6 nitrogen and oxygen atoms in total. The standard InChI is InChI=1S/C33H29N3O3S/c1-36(2)26-10-4-22(5-11-26)20-34-24-8-14-28-30(18-24)32(37)29-15-9-25(19-31(29)33(28)38)35-21-23-6-12-27(13-7-23)39-16-3-17-40/h4-15,18-21,40H,3,16-17H2,1-2H3. The Morgan fingerprint density at radius 2 is 1.20 bits per heavy atom. The number of hydrogen-bond donors (Lipinski definition) is 1. The first-order valence-corrected chi connectivity index (χ1v) is 13.6. The summed E-state index contributed by atoms with van der Waals surface area (Å²) in [5.74, 6) is 1.19. The maximum absolute atomic E-state index is 13.3. The largest absolute Gasteiger partial charge is 0.494 e. The second kappa shape index (κ2) is 12.1. The molecule has 40 heavy (non-hydrogen) atoms. The fraction of sp³-hybridized carbons (Fsp3) is 0.152. The van der Waals surface area contributed by atoms with Gasteiger partial charge in [-0.15, -0.1) is 0 Å². The smallest absolute Gasteiger partial charge is 0.194 e. The van der Waals surface area contributed by atoms with Crippen LogP contribution in [0.25, 0.3) is 0 Å². The minimum Gasteiger partial charge on any atom is -0.494 e. The average Bonchev–Trinajstić information content (AvgIpc) is 2.98. The lowest BCUT2D eigenvalue weighted by Crippen LogP contribution is -2.20. The summed E-state index contributed by atoms with van der Waals surface area (Å²) in [6.45, 7) is 0.627. The highest BCUT2D eigenvalue weighted by atomic mass is 32.1. The third-order valence-corrected chi connectivity index (χ3v) is 6.89. The average molecular weight is 548 g/mol. The molecule has 0 N–H and O–H groups in total. The van der Waals surface area contributed by atoms with Crippen LogP contribution in [0.4, 0.5) is 17.1 Å². The molecule has 0 fully saturated rings. The number of hydrogen-bond acceptors (Lipinski definition) is 7. The quantitative estimate of drug-likeness (QED) is 0.126. The summed E-state index contributed by atoms with van der Waals surface area (Å²) in [4.78, 5) is 37.8. The van der Waals surface area contributed by atoms with Crippen LogP contribution in [0.5, 0.6) is 5.75 Å². The number of thiol groups is 1. The van der Waals surface area contributed by atoms with Gasteiger partial charge >= 0.3 is 0 Å². The molecule has 5 rings (SSSR count). The number of nitrogens with zero attached hydrogens (tertiary/aromatic N) is 3. The van der Waals surface area contributed by atoms with Crippen LogP contribution in [-0.2, 0) is 0 Å². The Morgan fingerprint density at radius 1 is 0.700 bits per heavy atom. The van der Waals surface area contributed by atoms with E-state index >= 15 is 0 Å². The van der Waals surface area contributed by atoms with E-state index in [1.807, 2.05) is 67.5 Å². The topological polar surface area (TPSA) is 71.3 Å². The highest BCUT2D eigenvalue weighted by molar-refractivity contribution is 7.80. The molecule has 0 radical (unpaired) electrons. The lowest BCUT2D eigenvalue weighted by Gasteiger charge is -2.18. The van der Waals surface area contributed by atoms with E-state index in [4.69, 9.17) is 4.74 Å². The van der Waals surface area contributed by atoms with Crippen molar-refractivity contribution in [1.29, 1.82) is 0 Å². The maximum Gasteiger partial charge on any atom is 0.194 e. The summed E-state index contributed by atoms with van der Waals surface area (Å²) in [6.07, 6.45) is 4.36. The van der Waals surface area contributed by atoms with Crippen molar-refractivity contribution in [3.8, 4) is 5.75 Å². The van der Waals surface area contributed by atoms with Gasteiger partial charge in [-0.25, -0.2) is 0 Å². The molecule has 0 saturated heterocycles. The van der Waals surface area contributed by atoms with Gasteiger partial charge in [0.25, 0.3) is 0 Å². The van der Waals surface area contributed by atoms with Gasteiger partial charge in [-0.1, -0.05) is 12.1 Å². The summed E-state index contributed by atoms with van der Waals surface area (Å²) in [6, 6.07) is 25.8. The molecule has 0 unspecified atom stereocenters. The van der Waals surface area contributed by atoms with Crippen molar-refractivity contribution < 1.29 is 14.3 Å². The molecule has 0 heterocycles. The van der Waals surface area contributed by atoms with Gasteiger partial charge in [0, 0.05) is 54.5 Å². The van der Waals surface area contributed by atoms with Crippen molar-refractivity contribution in [3.05, 3.63) is 118 Å². The number of ketones is 2. The summed E-state index contributed by atoms with van der Waals surface area (Å²) in [7, 11) is 3.98. The van der Waals surface area contributed by atoms with E-state index in [0.29, 0.717) is 40.2 Å². The Kier molecular flexibility index (Phi) is 8.22. The van der Waals surface area contributed by atoms with Crippen LogP contribution in [0.2, 0.25) is 0 Å².